The van der Waals surface area contributed by atoms with Crippen molar-refractivity contribution in [1.82, 2.24) is 0 Å². The van der Waals surface area contributed by atoms with Crippen molar-refractivity contribution in [2.45, 2.75) is 33.1 Å². The fourth-order valence-corrected chi connectivity index (χ4v) is 7.41. The van der Waals surface area contributed by atoms with E-state index in [0.717, 1.165) is 0 Å². The molecule has 0 aliphatic carbocycles. The van der Waals surface area contributed by atoms with Crippen LogP contribution in [0.3, 0.4) is 0 Å². The summed E-state index contributed by atoms with van der Waals surface area (Å²) >= 11 is 0. The molecule has 122 valence electrons. The second-order valence-electron chi connectivity index (χ2n) is 7.54. The van der Waals surface area contributed by atoms with Crippen LogP contribution in [0.25, 0.3) is 0 Å². The Hall–Kier alpha value is -1.65. The minimum absolute atomic E-state index is 0.0891. The molecule has 0 nitrogen and oxygen atoms in total. The molecule has 3 aliphatic rings. The largest absolute Gasteiger partial charge is 0.0622 e. The van der Waals surface area contributed by atoms with Gasteiger partial charge < -0.3 is 0 Å². The molecule has 0 atom stereocenters. The zero-order valence-corrected chi connectivity index (χ0v) is 15.8. The third kappa shape index (κ3) is 2.16. The van der Waals surface area contributed by atoms with E-state index in [0.29, 0.717) is 11.8 Å². The first kappa shape index (κ1) is 15.9. The van der Waals surface area contributed by atoms with Gasteiger partial charge in [0.1, 0.15) is 0 Å². The van der Waals surface area contributed by atoms with Crippen molar-refractivity contribution in [3.05, 3.63) is 88.5 Å². The lowest BCUT2D eigenvalue weighted by molar-refractivity contribution is 0.719. The SMILES string of the molecule is CC(C)C1=CC2(c3ccccc3)C=C(C(C)C)P1c1ccccc12. The van der Waals surface area contributed by atoms with Crippen LogP contribution in [0.2, 0.25) is 0 Å². The third-order valence-electron chi connectivity index (χ3n) is 5.29. The van der Waals surface area contributed by atoms with Gasteiger partial charge in [0.2, 0.25) is 0 Å². The molecule has 0 amide bonds. The standard InChI is InChI=1S/C23H25P/c1-16(2)21-14-23(18-10-6-5-7-11-18)15-22(17(3)4)24(21)20-13-9-8-12-19(20)23/h5-17H,1-4H3. The van der Waals surface area contributed by atoms with E-state index in [1.807, 2.05) is 0 Å². The second kappa shape index (κ2) is 5.71. The van der Waals surface area contributed by atoms with Gasteiger partial charge in [0.25, 0.3) is 0 Å². The minimum atomic E-state index is -0.325. The van der Waals surface area contributed by atoms with Gasteiger partial charge in [-0.3, -0.25) is 0 Å². The van der Waals surface area contributed by atoms with E-state index >= 15 is 0 Å². The topological polar surface area (TPSA) is 0 Å². The Bertz CT molecular complexity index is 798. The summed E-state index contributed by atoms with van der Waals surface area (Å²) in [4.78, 5) is 0. The van der Waals surface area contributed by atoms with Crippen LogP contribution in [0.4, 0.5) is 0 Å². The molecular weight excluding hydrogens is 307 g/mol. The van der Waals surface area contributed by atoms with Crippen molar-refractivity contribution >= 4 is 13.2 Å². The lowest BCUT2D eigenvalue weighted by atomic mass is 9.72. The van der Waals surface area contributed by atoms with Crippen LogP contribution in [0, 0.1) is 11.8 Å². The maximum absolute atomic E-state index is 2.59. The van der Waals surface area contributed by atoms with Crippen molar-refractivity contribution in [3.8, 4) is 0 Å². The van der Waals surface area contributed by atoms with Crippen LogP contribution in [-0.2, 0) is 5.41 Å². The van der Waals surface area contributed by atoms with Crippen LogP contribution in [0.15, 0.2) is 77.4 Å². The first-order chi connectivity index (χ1) is 11.5. The lowest BCUT2D eigenvalue weighted by Crippen LogP contribution is -2.38. The maximum atomic E-state index is 2.59. The van der Waals surface area contributed by atoms with E-state index in [4.69, 9.17) is 0 Å². The van der Waals surface area contributed by atoms with Gasteiger partial charge in [-0.25, -0.2) is 0 Å². The van der Waals surface area contributed by atoms with E-state index in [-0.39, 0.29) is 13.3 Å². The molecule has 0 saturated carbocycles. The summed E-state index contributed by atoms with van der Waals surface area (Å²) in [5, 5.41) is 4.88. The molecule has 0 radical (unpaired) electrons. The maximum Gasteiger partial charge on any atom is 0.0581 e. The first-order valence-electron chi connectivity index (χ1n) is 8.95. The van der Waals surface area contributed by atoms with Crippen molar-refractivity contribution < 1.29 is 0 Å². The quantitative estimate of drug-likeness (QED) is 0.588. The molecule has 2 aromatic rings. The Morgan fingerprint density at radius 1 is 0.708 bits per heavy atom. The van der Waals surface area contributed by atoms with Crippen molar-refractivity contribution in [2.24, 2.45) is 11.8 Å². The predicted molar refractivity (Wildman–Crippen MR) is 106 cm³/mol. The monoisotopic (exact) mass is 332 g/mol. The predicted octanol–water partition coefficient (Wildman–Crippen LogP) is 6.19. The molecule has 3 heterocycles. The number of hydrogen-bond acceptors (Lipinski definition) is 0. The van der Waals surface area contributed by atoms with Gasteiger partial charge >= 0.3 is 0 Å². The van der Waals surface area contributed by atoms with Crippen molar-refractivity contribution in [1.29, 1.82) is 0 Å². The molecule has 0 fully saturated rings. The van der Waals surface area contributed by atoms with Gasteiger partial charge in [0, 0.05) is 0 Å². The average Bonchev–Trinajstić information content (AvgIpc) is 2.62. The smallest absolute Gasteiger partial charge is 0.0581 e. The Labute approximate surface area is 147 Å². The summed E-state index contributed by atoms with van der Waals surface area (Å²) in [6.07, 6.45) is 5.18. The Morgan fingerprint density at radius 2 is 1.25 bits per heavy atom. The molecule has 5 rings (SSSR count). The molecule has 0 spiro atoms. The molecule has 0 unspecified atom stereocenters. The van der Waals surface area contributed by atoms with E-state index < -0.39 is 0 Å². The summed E-state index contributed by atoms with van der Waals surface area (Å²) in [7, 11) is -0.325. The Kier molecular flexibility index (Phi) is 3.77. The fraction of sp³-hybridized carbons (Fsp3) is 0.304. The number of rotatable bonds is 3. The van der Waals surface area contributed by atoms with Crippen LogP contribution in [0.1, 0.15) is 38.8 Å². The number of benzene rings is 2. The summed E-state index contributed by atoms with van der Waals surface area (Å²) in [6, 6.07) is 20.2. The minimum Gasteiger partial charge on any atom is -0.0622 e. The van der Waals surface area contributed by atoms with E-state index in [9.17, 15) is 0 Å². The summed E-state index contributed by atoms with van der Waals surface area (Å²) in [5.74, 6) is 1.19. The van der Waals surface area contributed by atoms with E-state index in [1.54, 1.807) is 15.9 Å². The van der Waals surface area contributed by atoms with Crippen LogP contribution in [0.5, 0.6) is 0 Å². The summed E-state index contributed by atoms with van der Waals surface area (Å²) in [6.45, 7) is 9.42. The van der Waals surface area contributed by atoms with E-state index in [1.165, 1.54) is 11.1 Å². The van der Waals surface area contributed by atoms with Crippen LogP contribution < -0.4 is 5.30 Å². The second-order valence-corrected chi connectivity index (χ2v) is 9.72. The number of hydrogen-bond donors (Lipinski definition) is 0. The zero-order valence-electron chi connectivity index (χ0n) is 15.0. The average molecular weight is 332 g/mol. The van der Waals surface area contributed by atoms with E-state index in [2.05, 4.69) is 94.4 Å². The normalized spacial score (nSPS) is 24.8. The molecule has 0 N–H and O–H groups in total. The molecule has 1 heteroatoms. The highest BCUT2D eigenvalue weighted by Crippen LogP contribution is 2.66. The van der Waals surface area contributed by atoms with Gasteiger partial charge in [-0.2, -0.15) is 0 Å². The van der Waals surface area contributed by atoms with Gasteiger partial charge in [-0.15, -0.1) is 0 Å². The molecular formula is C23H25P. The van der Waals surface area contributed by atoms with Crippen LogP contribution >= 0.6 is 7.92 Å². The lowest BCUT2D eigenvalue weighted by Gasteiger charge is -2.47. The molecule has 0 saturated heterocycles. The fourth-order valence-electron chi connectivity index (χ4n) is 4.12. The van der Waals surface area contributed by atoms with Crippen molar-refractivity contribution in [2.75, 3.05) is 0 Å². The zero-order chi connectivity index (χ0) is 16.9. The van der Waals surface area contributed by atoms with Crippen LogP contribution in [-0.4, -0.2) is 0 Å². The third-order valence-corrected chi connectivity index (χ3v) is 8.49. The summed E-state index contributed by atoms with van der Waals surface area (Å²) in [5.41, 5.74) is 2.80. The van der Waals surface area contributed by atoms with Gasteiger partial charge in [0.05, 0.1) is 5.41 Å². The highest BCUT2D eigenvalue weighted by atomic mass is 31.1. The molecule has 0 aromatic heterocycles. The first-order valence-corrected chi connectivity index (χ1v) is 10.3. The molecule has 2 aromatic carbocycles. The summed E-state index contributed by atoms with van der Waals surface area (Å²) < 4.78 is 0. The van der Waals surface area contributed by atoms with Gasteiger partial charge in [0.15, 0.2) is 0 Å². The van der Waals surface area contributed by atoms with Gasteiger partial charge in [-0.1, -0.05) is 94.4 Å². The number of allylic oxidation sites excluding steroid dienone is 4. The Balaban J connectivity index is 2.07. The molecule has 2 bridgehead atoms. The highest BCUT2D eigenvalue weighted by molar-refractivity contribution is 7.74. The molecule has 3 aliphatic heterocycles. The van der Waals surface area contributed by atoms with Crippen molar-refractivity contribution in [3.63, 3.8) is 0 Å². The Morgan fingerprint density at radius 3 is 1.83 bits per heavy atom. The molecule has 24 heavy (non-hydrogen) atoms. The van der Waals surface area contributed by atoms with Gasteiger partial charge in [-0.05, 0) is 46.8 Å². The highest BCUT2D eigenvalue weighted by Gasteiger charge is 2.46.